The summed E-state index contributed by atoms with van der Waals surface area (Å²) in [6.07, 6.45) is 4.85. The molecular formula is C21H35ClN2O2Si. The van der Waals surface area contributed by atoms with E-state index in [1.54, 1.807) is 0 Å². The molecule has 0 unspecified atom stereocenters. The zero-order chi connectivity index (χ0) is 20.2. The van der Waals surface area contributed by atoms with Crippen LogP contribution in [0.25, 0.3) is 5.65 Å². The first-order valence-corrected chi connectivity index (χ1v) is 12.7. The third-order valence-corrected chi connectivity index (χ3v) is 12.1. The second-order valence-corrected chi connectivity index (χ2v) is 14.3. The van der Waals surface area contributed by atoms with E-state index in [2.05, 4.69) is 46.5 Å². The molecular weight excluding hydrogens is 376 g/mol. The standard InChI is InChI=1S/C21H35ClN2O2Si/c1-15(2)27(16(3)4,17(5)6)26-12-8-7-9-20-19(14-25)23-21-13-18(22)10-11-24(20)21/h10-11,13,15-17,25H,7-9,12,14H2,1-6H3. The van der Waals surface area contributed by atoms with Crippen LogP contribution >= 0.6 is 11.6 Å². The molecule has 0 aliphatic carbocycles. The molecule has 0 aromatic carbocycles. The van der Waals surface area contributed by atoms with Gasteiger partial charge >= 0.3 is 0 Å². The molecule has 0 amide bonds. The molecule has 152 valence electrons. The molecule has 0 saturated carbocycles. The highest BCUT2D eigenvalue weighted by Crippen LogP contribution is 2.42. The second kappa shape index (κ2) is 9.55. The van der Waals surface area contributed by atoms with Crippen molar-refractivity contribution in [2.45, 2.75) is 84.0 Å². The normalized spacial score (nSPS) is 12.9. The maximum absolute atomic E-state index is 9.65. The van der Waals surface area contributed by atoms with Crippen molar-refractivity contribution in [2.75, 3.05) is 6.61 Å². The van der Waals surface area contributed by atoms with Crippen LogP contribution in [-0.4, -0.2) is 29.4 Å². The number of aliphatic hydroxyl groups is 1. The van der Waals surface area contributed by atoms with Crippen LogP contribution in [0.4, 0.5) is 0 Å². The van der Waals surface area contributed by atoms with Gasteiger partial charge in [-0.1, -0.05) is 53.1 Å². The summed E-state index contributed by atoms with van der Waals surface area (Å²) in [7, 11) is -1.78. The Kier molecular flexibility index (Phi) is 7.92. The number of imidazole rings is 1. The van der Waals surface area contributed by atoms with Crippen molar-refractivity contribution < 1.29 is 9.53 Å². The Morgan fingerprint density at radius 3 is 2.30 bits per heavy atom. The molecule has 0 radical (unpaired) electrons. The maximum atomic E-state index is 9.65. The summed E-state index contributed by atoms with van der Waals surface area (Å²) in [6.45, 7) is 14.7. The first-order chi connectivity index (χ1) is 12.7. The Balaban J connectivity index is 2.00. The third kappa shape index (κ3) is 4.76. The molecule has 0 aliphatic rings. The summed E-state index contributed by atoms with van der Waals surface area (Å²) in [5, 5.41) is 10.3. The van der Waals surface area contributed by atoms with E-state index in [0.717, 1.165) is 42.9 Å². The number of nitrogens with zero attached hydrogens (tertiary/aromatic N) is 2. The number of aryl methyl sites for hydroxylation is 1. The Bertz CT molecular complexity index is 721. The Hall–Kier alpha value is -0.883. The lowest BCUT2D eigenvalue weighted by atomic mass is 10.1. The van der Waals surface area contributed by atoms with E-state index in [1.165, 1.54) is 0 Å². The minimum atomic E-state index is -1.78. The van der Waals surface area contributed by atoms with Gasteiger partial charge in [-0.05, 0) is 42.0 Å². The summed E-state index contributed by atoms with van der Waals surface area (Å²) in [4.78, 5) is 4.50. The van der Waals surface area contributed by atoms with E-state index in [0.29, 0.717) is 21.6 Å². The predicted molar refractivity (Wildman–Crippen MR) is 116 cm³/mol. The van der Waals surface area contributed by atoms with Crippen LogP contribution in [0.1, 0.15) is 65.8 Å². The fourth-order valence-corrected chi connectivity index (χ4v) is 10.3. The summed E-state index contributed by atoms with van der Waals surface area (Å²) >= 11 is 6.06. The van der Waals surface area contributed by atoms with Crippen LogP contribution in [-0.2, 0) is 17.5 Å². The van der Waals surface area contributed by atoms with Gasteiger partial charge in [-0.2, -0.15) is 0 Å². The molecule has 27 heavy (non-hydrogen) atoms. The van der Waals surface area contributed by atoms with E-state index in [1.807, 2.05) is 22.7 Å². The lowest BCUT2D eigenvalue weighted by Crippen LogP contribution is -2.47. The molecule has 0 bridgehead atoms. The van der Waals surface area contributed by atoms with Crippen molar-refractivity contribution in [3.63, 3.8) is 0 Å². The summed E-state index contributed by atoms with van der Waals surface area (Å²) in [5.41, 5.74) is 4.45. The van der Waals surface area contributed by atoms with Crippen molar-refractivity contribution in [1.29, 1.82) is 0 Å². The smallest absolute Gasteiger partial charge is 0.200 e. The van der Waals surface area contributed by atoms with Gasteiger partial charge in [0.25, 0.3) is 0 Å². The van der Waals surface area contributed by atoms with Gasteiger partial charge in [-0.15, -0.1) is 0 Å². The highest BCUT2D eigenvalue weighted by molar-refractivity contribution is 6.77. The number of aromatic nitrogens is 2. The fourth-order valence-electron chi connectivity index (χ4n) is 4.65. The minimum Gasteiger partial charge on any atom is -0.416 e. The molecule has 2 heterocycles. The SMILES string of the molecule is CC(C)[Si](OCCCCc1c(CO)nc2cc(Cl)ccn12)(C(C)C)C(C)C. The summed E-state index contributed by atoms with van der Waals surface area (Å²) in [6, 6.07) is 3.69. The van der Waals surface area contributed by atoms with E-state index in [9.17, 15) is 5.11 Å². The zero-order valence-corrected chi connectivity index (χ0v) is 19.4. The molecule has 0 fully saturated rings. The van der Waals surface area contributed by atoms with Gasteiger partial charge in [0, 0.05) is 29.6 Å². The lowest BCUT2D eigenvalue weighted by Gasteiger charge is -2.42. The molecule has 6 heteroatoms. The Labute approximate surface area is 170 Å². The van der Waals surface area contributed by atoms with Crippen molar-refractivity contribution in [2.24, 2.45) is 0 Å². The number of unbranched alkanes of at least 4 members (excludes halogenated alkanes) is 1. The van der Waals surface area contributed by atoms with Crippen molar-refractivity contribution in [3.05, 3.63) is 34.7 Å². The van der Waals surface area contributed by atoms with E-state index >= 15 is 0 Å². The van der Waals surface area contributed by atoms with Crippen LogP contribution in [0.5, 0.6) is 0 Å². The molecule has 0 atom stereocenters. The van der Waals surface area contributed by atoms with Gasteiger partial charge in [-0.3, -0.25) is 0 Å². The van der Waals surface area contributed by atoms with Gasteiger partial charge < -0.3 is 13.9 Å². The number of fused-ring (bicyclic) bond motifs is 1. The highest BCUT2D eigenvalue weighted by atomic mass is 35.5. The monoisotopic (exact) mass is 410 g/mol. The molecule has 0 aliphatic heterocycles. The van der Waals surface area contributed by atoms with Crippen molar-refractivity contribution in [1.82, 2.24) is 9.38 Å². The average molecular weight is 411 g/mol. The van der Waals surface area contributed by atoms with Crippen LogP contribution in [0.15, 0.2) is 18.3 Å². The van der Waals surface area contributed by atoms with Crippen LogP contribution in [0.3, 0.4) is 0 Å². The summed E-state index contributed by atoms with van der Waals surface area (Å²) < 4.78 is 8.68. The third-order valence-electron chi connectivity index (χ3n) is 5.79. The molecule has 0 saturated heterocycles. The van der Waals surface area contributed by atoms with Crippen LogP contribution < -0.4 is 0 Å². The van der Waals surface area contributed by atoms with E-state index in [-0.39, 0.29) is 6.61 Å². The minimum absolute atomic E-state index is 0.0464. The average Bonchev–Trinajstić information content (AvgIpc) is 2.93. The molecule has 0 spiro atoms. The van der Waals surface area contributed by atoms with Gasteiger partial charge in [0.2, 0.25) is 0 Å². The number of pyridine rings is 1. The van der Waals surface area contributed by atoms with Crippen molar-refractivity contribution >= 4 is 25.6 Å². The van der Waals surface area contributed by atoms with E-state index in [4.69, 9.17) is 16.0 Å². The van der Waals surface area contributed by atoms with Gasteiger partial charge in [-0.25, -0.2) is 4.98 Å². The zero-order valence-electron chi connectivity index (χ0n) is 17.6. The summed E-state index contributed by atoms with van der Waals surface area (Å²) in [5.74, 6) is 0. The molecule has 1 N–H and O–H groups in total. The van der Waals surface area contributed by atoms with Gasteiger partial charge in [0.05, 0.1) is 12.3 Å². The topological polar surface area (TPSA) is 46.8 Å². The van der Waals surface area contributed by atoms with Gasteiger partial charge in [0.1, 0.15) is 5.65 Å². The number of hydrogen-bond acceptors (Lipinski definition) is 3. The number of halogens is 1. The molecule has 4 nitrogen and oxygen atoms in total. The highest BCUT2D eigenvalue weighted by Gasteiger charge is 2.44. The number of hydrogen-bond donors (Lipinski definition) is 1. The van der Waals surface area contributed by atoms with E-state index < -0.39 is 8.32 Å². The van der Waals surface area contributed by atoms with Gasteiger partial charge in [0.15, 0.2) is 8.32 Å². The molecule has 2 rings (SSSR count). The fraction of sp³-hybridized carbons (Fsp3) is 0.667. The second-order valence-electron chi connectivity index (χ2n) is 8.36. The van der Waals surface area contributed by atoms with Crippen LogP contribution in [0.2, 0.25) is 21.6 Å². The van der Waals surface area contributed by atoms with Crippen LogP contribution in [0, 0.1) is 0 Å². The largest absolute Gasteiger partial charge is 0.416 e. The molecule has 2 aromatic rings. The quantitative estimate of drug-likeness (QED) is 0.386. The Morgan fingerprint density at radius 2 is 1.74 bits per heavy atom. The number of rotatable bonds is 10. The Morgan fingerprint density at radius 1 is 1.11 bits per heavy atom. The lowest BCUT2D eigenvalue weighted by molar-refractivity contribution is 0.267. The van der Waals surface area contributed by atoms with Crippen molar-refractivity contribution in [3.8, 4) is 0 Å². The maximum Gasteiger partial charge on any atom is 0.200 e. The first-order valence-electron chi connectivity index (χ1n) is 10.1. The number of aliphatic hydroxyl groups excluding tert-OH is 1. The predicted octanol–water partition coefficient (Wildman–Crippen LogP) is 5.99. The first kappa shape index (κ1) is 22.4. The molecule has 2 aromatic heterocycles.